The van der Waals surface area contributed by atoms with E-state index in [0.29, 0.717) is 0 Å². The monoisotopic (exact) mass is 228 g/mol. The maximum Gasteiger partial charge on any atom is 0.0547 e. The molecule has 4 nitrogen and oxygen atoms in total. The van der Waals surface area contributed by atoms with E-state index in [1.54, 1.807) is 12.4 Å². The number of hydrogen-bond donors (Lipinski definition) is 2. The predicted molar refractivity (Wildman–Crippen MR) is 70.2 cm³/mol. The summed E-state index contributed by atoms with van der Waals surface area (Å²) in [6.45, 7) is 0.876. The Labute approximate surface area is 101 Å². The van der Waals surface area contributed by atoms with Crippen LogP contribution in [0.5, 0.6) is 0 Å². The van der Waals surface area contributed by atoms with E-state index in [0.717, 1.165) is 24.3 Å². The third-order valence-electron chi connectivity index (χ3n) is 2.49. The number of rotatable bonds is 5. The van der Waals surface area contributed by atoms with Gasteiger partial charge in [0.05, 0.1) is 23.8 Å². The van der Waals surface area contributed by atoms with Gasteiger partial charge < -0.3 is 10.6 Å². The first-order valence-corrected chi connectivity index (χ1v) is 5.64. The second-order valence-corrected chi connectivity index (χ2v) is 3.75. The summed E-state index contributed by atoms with van der Waals surface area (Å²) in [4.78, 5) is 8.23. The number of anilines is 2. The average Bonchev–Trinajstić information content (AvgIpc) is 2.40. The molecule has 4 heteroatoms. The second-order valence-electron chi connectivity index (χ2n) is 3.75. The van der Waals surface area contributed by atoms with Crippen molar-refractivity contribution in [2.45, 2.75) is 6.42 Å². The van der Waals surface area contributed by atoms with E-state index in [-0.39, 0.29) is 0 Å². The second kappa shape index (κ2) is 5.84. The molecule has 2 N–H and O–H groups in total. The lowest BCUT2D eigenvalue weighted by molar-refractivity contribution is 1.00. The van der Waals surface area contributed by atoms with Crippen LogP contribution in [0.2, 0.25) is 0 Å². The van der Waals surface area contributed by atoms with Gasteiger partial charge in [-0.3, -0.25) is 9.97 Å². The quantitative estimate of drug-likeness (QED) is 0.823. The van der Waals surface area contributed by atoms with Crippen molar-refractivity contribution in [1.82, 2.24) is 9.97 Å². The average molecular weight is 228 g/mol. The number of aromatic nitrogens is 2. The smallest absolute Gasteiger partial charge is 0.0547 e. The first-order valence-electron chi connectivity index (χ1n) is 5.64. The molecule has 2 rings (SSSR count). The molecule has 0 bridgehead atoms. The summed E-state index contributed by atoms with van der Waals surface area (Å²) in [5.41, 5.74) is 3.27. The van der Waals surface area contributed by atoms with Gasteiger partial charge in [-0.2, -0.15) is 0 Å². The first kappa shape index (κ1) is 11.4. The van der Waals surface area contributed by atoms with Crippen LogP contribution < -0.4 is 10.6 Å². The largest absolute Gasteiger partial charge is 0.387 e. The standard InChI is InChI=1S/C13H16N4/c1-14-12-7-13(10-16-9-12)17-6-4-11-3-2-5-15-8-11/h2-3,5,7-10,14,17H,4,6H2,1H3. The molecule has 0 unspecified atom stereocenters. The summed E-state index contributed by atoms with van der Waals surface area (Å²) in [5.74, 6) is 0. The van der Waals surface area contributed by atoms with Crippen molar-refractivity contribution in [2.75, 3.05) is 24.2 Å². The van der Waals surface area contributed by atoms with E-state index >= 15 is 0 Å². The van der Waals surface area contributed by atoms with Crippen LogP contribution in [0.4, 0.5) is 11.4 Å². The van der Waals surface area contributed by atoms with Crippen LogP contribution in [0.1, 0.15) is 5.56 Å². The zero-order chi connectivity index (χ0) is 11.9. The van der Waals surface area contributed by atoms with E-state index in [2.05, 4.69) is 26.7 Å². The van der Waals surface area contributed by atoms with Gasteiger partial charge in [-0.05, 0) is 24.1 Å². The van der Waals surface area contributed by atoms with Gasteiger partial charge in [-0.15, -0.1) is 0 Å². The normalized spacial score (nSPS) is 9.94. The third kappa shape index (κ3) is 3.45. The first-order chi connectivity index (χ1) is 8.38. The lowest BCUT2D eigenvalue weighted by Crippen LogP contribution is -2.05. The molecule has 0 atom stereocenters. The van der Waals surface area contributed by atoms with Crippen molar-refractivity contribution in [3.8, 4) is 0 Å². The van der Waals surface area contributed by atoms with Gasteiger partial charge in [-0.25, -0.2) is 0 Å². The van der Waals surface area contributed by atoms with Crippen LogP contribution in [-0.4, -0.2) is 23.6 Å². The molecule has 0 aromatic carbocycles. The van der Waals surface area contributed by atoms with Crippen LogP contribution >= 0.6 is 0 Å². The maximum atomic E-state index is 4.14. The van der Waals surface area contributed by atoms with E-state index < -0.39 is 0 Å². The van der Waals surface area contributed by atoms with Crippen molar-refractivity contribution in [1.29, 1.82) is 0 Å². The highest BCUT2D eigenvalue weighted by molar-refractivity contribution is 5.53. The zero-order valence-electron chi connectivity index (χ0n) is 9.85. The topological polar surface area (TPSA) is 49.8 Å². The van der Waals surface area contributed by atoms with Crippen molar-refractivity contribution < 1.29 is 0 Å². The summed E-state index contributed by atoms with van der Waals surface area (Å²) < 4.78 is 0. The number of nitrogens with one attached hydrogen (secondary N) is 2. The zero-order valence-corrected chi connectivity index (χ0v) is 9.85. The maximum absolute atomic E-state index is 4.14. The summed E-state index contributed by atoms with van der Waals surface area (Å²) >= 11 is 0. The SMILES string of the molecule is CNc1cncc(NCCc2cccnc2)c1. The Balaban J connectivity index is 1.86. The van der Waals surface area contributed by atoms with E-state index in [1.165, 1.54) is 5.56 Å². The molecule has 0 spiro atoms. The molecule has 0 aliphatic rings. The number of hydrogen-bond acceptors (Lipinski definition) is 4. The Bertz CT molecular complexity index is 456. The molecule has 0 aliphatic carbocycles. The van der Waals surface area contributed by atoms with Gasteiger partial charge in [0.25, 0.3) is 0 Å². The van der Waals surface area contributed by atoms with Gasteiger partial charge >= 0.3 is 0 Å². The highest BCUT2D eigenvalue weighted by Crippen LogP contribution is 2.11. The van der Waals surface area contributed by atoms with E-state index in [4.69, 9.17) is 0 Å². The Morgan fingerprint density at radius 3 is 2.76 bits per heavy atom. The fraction of sp³-hybridized carbons (Fsp3) is 0.231. The number of pyridine rings is 2. The highest BCUT2D eigenvalue weighted by Gasteiger charge is 1.95. The molecule has 2 aromatic heterocycles. The molecular weight excluding hydrogens is 212 g/mol. The molecular formula is C13H16N4. The fourth-order valence-corrected chi connectivity index (χ4v) is 1.57. The van der Waals surface area contributed by atoms with E-state index in [9.17, 15) is 0 Å². The van der Waals surface area contributed by atoms with Gasteiger partial charge in [-0.1, -0.05) is 6.07 Å². The molecule has 0 amide bonds. The lowest BCUT2D eigenvalue weighted by atomic mass is 10.2. The van der Waals surface area contributed by atoms with Gasteiger partial charge in [0.15, 0.2) is 0 Å². The molecule has 0 radical (unpaired) electrons. The number of nitrogens with zero attached hydrogens (tertiary/aromatic N) is 2. The van der Waals surface area contributed by atoms with Gasteiger partial charge in [0.2, 0.25) is 0 Å². The molecule has 17 heavy (non-hydrogen) atoms. The van der Waals surface area contributed by atoms with Crippen LogP contribution in [0.25, 0.3) is 0 Å². The van der Waals surface area contributed by atoms with Crippen LogP contribution in [-0.2, 0) is 6.42 Å². The van der Waals surface area contributed by atoms with Crippen LogP contribution in [0, 0.1) is 0 Å². The molecule has 0 aliphatic heterocycles. The summed E-state index contributed by atoms with van der Waals surface area (Å²) in [6.07, 6.45) is 8.26. The van der Waals surface area contributed by atoms with Crippen molar-refractivity contribution in [3.05, 3.63) is 48.5 Å². The van der Waals surface area contributed by atoms with Gasteiger partial charge in [0, 0.05) is 26.0 Å². The summed E-state index contributed by atoms with van der Waals surface area (Å²) in [5, 5.41) is 6.40. The van der Waals surface area contributed by atoms with Crippen LogP contribution in [0.3, 0.4) is 0 Å². The lowest BCUT2D eigenvalue weighted by Gasteiger charge is -2.07. The minimum absolute atomic E-state index is 0.876. The Kier molecular flexibility index (Phi) is 3.91. The molecule has 88 valence electrons. The molecule has 0 saturated heterocycles. The Morgan fingerprint density at radius 1 is 1.12 bits per heavy atom. The van der Waals surface area contributed by atoms with Crippen molar-refractivity contribution in [3.63, 3.8) is 0 Å². The molecule has 0 fully saturated rings. The summed E-state index contributed by atoms with van der Waals surface area (Å²) in [7, 11) is 1.89. The van der Waals surface area contributed by atoms with Crippen molar-refractivity contribution >= 4 is 11.4 Å². The Morgan fingerprint density at radius 2 is 2.00 bits per heavy atom. The molecule has 0 saturated carbocycles. The molecule has 2 aromatic rings. The predicted octanol–water partition coefficient (Wildman–Crippen LogP) is 2.17. The highest BCUT2D eigenvalue weighted by atomic mass is 14.9. The van der Waals surface area contributed by atoms with E-state index in [1.807, 2.05) is 31.6 Å². The van der Waals surface area contributed by atoms with Gasteiger partial charge in [0.1, 0.15) is 0 Å². The van der Waals surface area contributed by atoms with Crippen LogP contribution in [0.15, 0.2) is 43.0 Å². The third-order valence-corrected chi connectivity index (χ3v) is 2.49. The minimum Gasteiger partial charge on any atom is -0.387 e. The Hall–Kier alpha value is -2.10. The molecule has 2 heterocycles. The summed E-state index contributed by atoms with van der Waals surface area (Å²) in [6, 6.07) is 6.08. The fourth-order valence-electron chi connectivity index (χ4n) is 1.57. The minimum atomic E-state index is 0.876. The van der Waals surface area contributed by atoms with Crippen molar-refractivity contribution in [2.24, 2.45) is 0 Å².